The van der Waals surface area contributed by atoms with E-state index in [0.29, 0.717) is 32.6 Å². The molecule has 0 saturated carbocycles. The molecule has 0 aliphatic carbocycles. The van der Waals surface area contributed by atoms with Crippen LogP contribution in [0.2, 0.25) is 10.0 Å². The first-order valence-electron chi connectivity index (χ1n) is 12.7. The maximum atomic E-state index is 13.6. The van der Waals surface area contributed by atoms with Gasteiger partial charge in [-0.05, 0) is 68.8 Å². The number of nitrogens with zero attached hydrogens (tertiary/aromatic N) is 2. The fraction of sp³-hybridized carbons (Fsp3) is 0.300. The second-order valence-corrected chi connectivity index (χ2v) is 10.5. The van der Waals surface area contributed by atoms with Crippen LogP contribution in [0.15, 0.2) is 77.8 Å². The van der Waals surface area contributed by atoms with E-state index >= 15 is 0 Å². The molecular formula is C30H31Cl2N3O3. The smallest absolute Gasteiger partial charge is 0.312 e. The molecule has 0 radical (unpaired) electrons. The second-order valence-electron chi connectivity index (χ2n) is 9.60. The van der Waals surface area contributed by atoms with Gasteiger partial charge in [-0.3, -0.25) is 19.5 Å². The van der Waals surface area contributed by atoms with Gasteiger partial charge < -0.3 is 10.4 Å². The molecule has 4 rings (SSSR count). The van der Waals surface area contributed by atoms with Crippen molar-refractivity contribution in [3.8, 4) is 0 Å². The van der Waals surface area contributed by atoms with E-state index in [4.69, 9.17) is 28.2 Å². The number of nitrogens with one attached hydrogen (secondary N) is 1. The summed E-state index contributed by atoms with van der Waals surface area (Å²) in [5.41, 5.74) is 2.52. The van der Waals surface area contributed by atoms with Crippen molar-refractivity contribution < 1.29 is 14.7 Å². The van der Waals surface area contributed by atoms with E-state index in [0.717, 1.165) is 31.5 Å². The van der Waals surface area contributed by atoms with E-state index in [1.165, 1.54) is 0 Å². The summed E-state index contributed by atoms with van der Waals surface area (Å²) < 4.78 is 0. The fourth-order valence-corrected chi connectivity index (χ4v) is 5.29. The number of carboxylic acid groups (broad SMARTS) is 1. The molecule has 38 heavy (non-hydrogen) atoms. The summed E-state index contributed by atoms with van der Waals surface area (Å²) in [4.78, 5) is 32.8. The van der Waals surface area contributed by atoms with Gasteiger partial charge in [-0.1, -0.05) is 72.6 Å². The highest BCUT2D eigenvalue weighted by Gasteiger charge is 2.42. The van der Waals surface area contributed by atoms with E-state index in [1.807, 2.05) is 37.3 Å². The van der Waals surface area contributed by atoms with Crippen LogP contribution >= 0.6 is 23.2 Å². The highest BCUT2D eigenvalue weighted by atomic mass is 35.5. The molecule has 1 fully saturated rings. The highest BCUT2D eigenvalue weighted by molar-refractivity contribution is 6.32. The van der Waals surface area contributed by atoms with Crippen LogP contribution in [0.4, 0.5) is 5.69 Å². The van der Waals surface area contributed by atoms with Crippen molar-refractivity contribution >= 4 is 46.5 Å². The van der Waals surface area contributed by atoms with E-state index in [9.17, 15) is 14.7 Å². The third-order valence-electron chi connectivity index (χ3n) is 7.20. The van der Waals surface area contributed by atoms with Crippen LogP contribution in [0.3, 0.4) is 0 Å². The number of hydrogen-bond acceptors (Lipinski definition) is 4. The molecule has 1 saturated heterocycles. The van der Waals surface area contributed by atoms with E-state index in [-0.39, 0.29) is 12.5 Å². The Kier molecular flexibility index (Phi) is 8.87. The number of anilines is 1. The van der Waals surface area contributed by atoms with Crippen LogP contribution in [-0.4, -0.2) is 52.8 Å². The number of likely N-dealkylation sites (N-methyl/N-ethyl adjacent to an activating group) is 1. The summed E-state index contributed by atoms with van der Waals surface area (Å²) in [5, 5.41) is 14.1. The second kappa shape index (κ2) is 12.1. The Bertz CT molecular complexity index is 1330. The Labute approximate surface area is 233 Å². The van der Waals surface area contributed by atoms with E-state index in [2.05, 4.69) is 17.1 Å². The summed E-state index contributed by atoms with van der Waals surface area (Å²) in [6, 6.07) is 21.5. The lowest BCUT2D eigenvalue weighted by atomic mass is 9.95. The number of likely N-dealkylation sites (tertiary alicyclic amines) is 1. The molecule has 2 atom stereocenters. The van der Waals surface area contributed by atoms with Gasteiger partial charge in [0.1, 0.15) is 5.92 Å². The van der Waals surface area contributed by atoms with Gasteiger partial charge in [0.05, 0.1) is 23.5 Å². The Morgan fingerprint density at radius 2 is 1.74 bits per heavy atom. The van der Waals surface area contributed by atoms with Gasteiger partial charge in [-0.25, -0.2) is 0 Å². The zero-order valence-corrected chi connectivity index (χ0v) is 23.0. The Morgan fingerprint density at radius 1 is 1.05 bits per heavy atom. The normalized spacial score (nSPS) is 18.8. The van der Waals surface area contributed by atoms with Gasteiger partial charge >= 0.3 is 5.97 Å². The highest BCUT2D eigenvalue weighted by Crippen LogP contribution is 2.32. The van der Waals surface area contributed by atoms with Crippen LogP contribution in [0.25, 0.3) is 0 Å². The number of carboxylic acids is 1. The SMILES string of the molecule is CCN1CCC[C@]1(C)C(=O)Nc1ccc(Cl)cc1C(=NC[C@@H](C(=O)O)c1ccc(Cl)cc1)c1ccccc1. The van der Waals surface area contributed by atoms with Gasteiger partial charge in [-0.2, -0.15) is 0 Å². The van der Waals surface area contributed by atoms with Crippen molar-refractivity contribution in [3.63, 3.8) is 0 Å². The Balaban J connectivity index is 1.75. The van der Waals surface area contributed by atoms with Gasteiger partial charge in [0.25, 0.3) is 0 Å². The molecule has 1 aliphatic heterocycles. The maximum Gasteiger partial charge on any atom is 0.312 e. The summed E-state index contributed by atoms with van der Waals surface area (Å²) in [6.45, 7) is 5.69. The zero-order chi connectivity index (χ0) is 27.3. The average Bonchev–Trinajstić information content (AvgIpc) is 3.30. The van der Waals surface area contributed by atoms with E-state index in [1.54, 1.807) is 42.5 Å². The predicted octanol–water partition coefficient (Wildman–Crippen LogP) is 6.51. The maximum absolute atomic E-state index is 13.6. The number of hydrogen-bond donors (Lipinski definition) is 2. The van der Waals surface area contributed by atoms with Crippen molar-refractivity contribution in [1.82, 2.24) is 4.90 Å². The standard InChI is InChI=1S/C30H31Cl2N3O3/c1-3-35-17-7-16-30(35,2)29(38)34-26-15-14-23(32)18-24(26)27(21-8-5-4-6-9-21)33-19-25(28(36)37)20-10-12-22(31)13-11-20/h4-6,8-15,18,25H,3,7,16-17,19H2,1-2H3,(H,34,38)(H,36,37)/t25-,30-/m1/s1. The lowest BCUT2D eigenvalue weighted by Crippen LogP contribution is -2.50. The molecule has 0 bridgehead atoms. The molecule has 3 aromatic carbocycles. The molecule has 0 unspecified atom stereocenters. The first-order chi connectivity index (χ1) is 18.2. The van der Waals surface area contributed by atoms with Gasteiger partial charge in [0.15, 0.2) is 0 Å². The molecule has 198 valence electrons. The third kappa shape index (κ3) is 6.09. The van der Waals surface area contributed by atoms with Crippen molar-refractivity contribution in [2.24, 2.45) is 4.99 Å². The van der Waals surface area contributed by atoms with E-state index < -0.39 is 17.4 Å². The summed E-state index contributed by atoms with van der Waals surface area (Å²) in [7, 11) is 0. The predicted molar refractivity (Wildman–Crippen MR) is 154 cm³/mol. The number of carbonyl (C=O) groups is 2. The largest absolute Gasteiger partial charge is 0.481 e. The van der Waals surface area contributed by atoms with Crippen LogP contribution < -0.4 is 5.32 Å². The van der Waals surface area contributed by atoms with Gasteiger partial charge in [0.2, 0.25) is 5.91 Å². The lowest BCUT2D eigenvalue weighted by molar-refractivity contribution is -0.138. The molecule has 1 amide bonds. The number of amides is 1. The molecule has 2 N–H and O–H groups in total. The average molecular weight is 553 g/mol. The molecule has 0 aromatic heterocycles. The quantitative estimate of drug-likeness (QED) is 0.297. The molecule has 1 aliphatic rings. The summed E-state index contributed by atoms with van der Waals surface area (Å²) in [5.74, 6) is -1.95. The Morgan fingerprint density at radius 3 is 2.39 bits per heavy atom. The van der Waals surface area contributed by atoms with Gasteiger partial charge in [0, 0.05) is 21.2 Å². The number of aliphatic carboxylic acids is 1. The number of halogens is 2. The third-order valence-corrected chi connectivity index (χ3v) is 7.68. The van der Waals surface area contributed by atoms with Crippen molar-refractivity contribution in [3.05, 3.63) is 99.5 Å². The molecule has 1 heterocycles. The minimum Gasteiger partial charge on any atom is -0.481 e. The monoisotopic (exact) mass is 551 g/mol. The van der Waals surface area contributed by atoms with Crippen molar-refractivity contribution in [1.29, 1.82) is 0 Å². The number of aliphatic imine (C=N–C) groups is 1. The molecule has 3 aromatic rings. The van der Waals surface area contributed by atoms with Crippen LogP contribution in [0, 0.1) is 0 Å². The first-order valence-corrected chi connectivity index (χ1v) is 13.4. The number of carbonyl (C=O) groups excluding carboxylic acids is 1. The minimum atomic E-state index is -0.989. The minimum absolute atomic E-state index is 0.0115. The van der Waals surface area contributed by atoms with Crippen LogP contribution in [0.5, 0.6) is 0 Å². The first kappa shape index (κ1) is 27.8. The fourth-order valence-electron chi connectivity index (χ4n) is 4.99. The summed E-state index contributed by atoms with van der Waals surface area (Å²) >= 11 is 12.4. The van der Waals surface area contributed by atoms with Gasteiger partial charge in [-0.15, -0.1) is 0 Å². The zero-order valence-electron chi connectivity index (χ0n) is 21.5. The molecule has 0 spiro atoms. The molecular weight excluding hydrogens is 521 g/mol. The van der Waals surface area contributed by atoms with Crippen LogP contribution in [0.1, 0.15) is 49.3 Å². The van der Waals surface area contributed by atoms with Crippen molar-refractivity contribution in [2.75, 3.05) is 25.0 Å². The Hall–Kier alpha value is -3.19. The van der Waals surface area contributed by atoms with Crippen molar-refractivity contribution in [2.45, 2.75) is 38.1 Å². The van der Waals surface area contributed by atoms with Crippen LogP contribution in [-0.2, 0) is 9.59 Å². The molecule has 8 heteroatoms. The number of benzene rings is 3. The summed E-state index contributed by atoms with van der Waals surface area (Å²) in [6.07, 6.45) is 1.74. The molecule has 6 nitrogen and oxygen atoms in total. The topological polar surface area (TPSA) is 82.0 Å². The lowest BCUT2D eigenvalue weighted by Gasteiger charge is -2.33. The number of rotatable bonds is 9.